The molecule has 7 heteroatoms. The van der Waals surface area contributed by atoms with Gasteiger partial charge in [-0.3, -0.25) is 0 Å². The van der Waals surface area contributed by atoms with Crippen molar-refractivity contribution in [3.05, 3.63) is 17.4 Å². The van der Waals surface area contributed by atoms with E-state index in [4.69, 9.17) is 21.4 Å². The maximum atomic E-state index is 6.14. The SMILES string of the molecule is CN(C)C1(C)CN(c2nn(C3CCCCO3)c3cc(Cl)ncc23)C1. The van der Waals surface area contributed by atoms with E-state index in [1.165, 1.54) is 6.42 Å². The summed E-state index contributed by atoms with van der Waals surface area (Å²) < 4.78 is 7.95. The molecule has 0 aliphatic carbocycles. The number of pyridine rings is 1. The van der Waals surface area contributed by atoms with Crippen molar-refractivity contribution in [3.63, 3.8) is 0 Å². The number of halogens is 1. The molecule has 0 bridgehead atoms. The summed E-state index contributed by atoms with van der Waals surface area (Å²) in [4.78, 5) is 8.87. The van der Waals surface area contributed by atoms with E-state index in [0.717, 1.165) is 49.3 Å². The second kappa shape index (κ2) is 5.86. The third kappa shape index (κ3) is 2.57. The maximum Gasteiger partial charge on any atom is 0.160 e. The molecule has 2 aliphatic rings. The molecule has 4 heterocycles. The Balaban J connectivity index is 1.71. The second-order valence-corrected chi connectivity index (χ2v) is 7.75. The number of fused-ring (bicyclic) bond motifs is 1. The Morgan fingerprint density at radius 3 is 2.79 bits per heavy atom. The molecule has 0 radical (unpaired) electrons. The van der Waals surface area contributed by atoms with Gasteiger partial charge < -0.3 is 14.5 Å². The molecule has 2 aliphatic heterocycles. The van der Waals surface area contributed by atoms with Gasteiger partial charge in [-0.15, -0.1) is 0 Å². The minimum atomic E-state index is -0.00465. The van der Waals surface area contributed by atoms with Crippen molar-refractivity contribution in [2.45, 2.75) is 38.0 Å². The molecule has 0 amide bonds. The first-order valence-electron chi connectivity index (χ1n) is 8.56. The molecule has 4 rings (SSSR count). The largest absolute Gasteiger partial charge is 0.356 e. The maximum absolute atomic E-state index is 6.14. The first kappa shape index (κ1) is 16.1. The van der Waals surface area contributed by atoms with Crippen molar-refractivity contribution < 1.29 is 4.74 Å². The summed E-state index contributed by atoms with van der Waals surface area (Å²) in [6.07, 6.45) is 5.12. The van der Waals surface area contributed by atoms with Crippen LogP contribution in [0.4, 0.5) is 5.82 Å². The van der Waals surface area contributed by atoms with Crippen LogP contribution in [0.25, 0.3) is 10.9 Å². The van der Waals surface area contributed by atoms with E-state index >= 15 is 0 Å². The van der Waals surface area contributed by atoms with Crippen LogP contribution >= 0.6 is 11.6 Å². The van der Waals surface area contributed by atoms with Crippen LogP contribution in [-0.2, 0) is 4.74 Å². The van der Waals surface area contributed by atoms with Gasteiger partial charge in [0.15, 0.2) is 12.0 Å². The summed E-state index contributed by atoms with van der Waals surface area (Å²) in [7, 11) is 4.26. The number of likely N-dealkylation sites (N-methyl/N-ethyl adjacent to an activating group) is 1. The van der Waals surface area contributed by atoms with Crippen molar-refractivity contribution in [3.8, 4) is 0 Å². The van der Waals surface area contributed by atoms with E-state index in [-0.39, 0.29) is 11.8 Å². The zero-order valence-electron chi connectivity index (χ0n) is 14.5. The van der Waals surface area contributed by atoms with Gasteiger partial charge in [-0.05, 0) is 40.3 Å². The van der Waals surface area contributed by atoms with Gasteiger partial charge in [-0.1, -0.05) is 11.6 Å². The molecule has 1 unspecified atom stereocenters. The lowest BCUT2D eigenvalue weighted by atomic mass is 9.91. The normalized spacial score (nSPS) is 23.7. The van der Waals surface area contributed by atoms with Gasteiger partial charge in [0.1, 0.15) is 5.15 Å². The molecule has 2 fully saturated rings. The van der Waals surface area contributed by atoms with Crippen LogP contribution < -0.4 is 4.90 Å². The van der Waals surface area contributed by atoms with Gasteiger partial charge >= 0.3 is 0 Å². The highest BCUT2D eigenvalue weighted by molar-refractivity contribution is 6.30. The predicted molar refractivity (Wildman–Crippen MR) is 95.7 cm³/mol. The van der Waals surface area contributed by atoms with E-state index in [0.29, 0.717) is 5.15 Å². The topological polar surface area (TPSA) is 46.4 Å². The van der Waals surface area contributed by atoms with Gasteiger partial charge in [-0.25, -0.2) is 9.67 Å². The van der Waals surface area contributed by atoms with Gasteiger partial charge in [0, 0.05) is 32.0 Å². The molecule has 0 N–H and O–H groups in total. The average molecular weight is 350 g/mol. The zero-order chi connectivity index (χ0) is 16.9. The number of rotatable bonds is 3. The Kier molecular flexibility index (Phi) is 3.94. The quantitative estimate of drug-likeness (QED) is 0.797. The smallest absolute Gasteiger partial charge is 0.160 e. The van der Waals surface area contributed by atoms with Gasteiger partial charge in [0.25, 0.3) is 0 Å². The monoisotopic (exact) mass is 349 g/mol. The van der Waals surface area contributed by atoms with Gasteiger partial charge in [0.05, 0.1) is 16.4 Å². The Hall–Kier alpha value is -1.37. The highest BCUT2D eigenvalue weighted by Gasteiger charge is 2.42. The molecular weight excluding hydrogens is 326 g/mol. The molecule has 6 nitrogen and oxygen atoms in total. The number of aromatic nitrogens is 3. The molecule has 0 spiro atoms. The highest BCUT2D eigenvalue weighted by atomic mass is 35.5. The molecule has 2 saturated heterocycles. The molecule has 0 saturated carbocycles. The van der Waals surface area contributed by atoms with Crippen LogP contribution in [-0.4, -0.2) is 59.0 Å². The lowest BCUT2D eigenvalue weighted by Gasteiger charge is -2.52. The average Bonchev–Trinajstić information content (AvgIpc) is 2.90. The number of anilines is 1. The van der Waals surface area contributed by atoms with Gasteiger partial charge in [-0.2, -0.15) is 5.10 Å². The third-order valence-electron chi connectivity index (χ3n) is 5.41. The highest BCUT2D eigenvalue weighted by Crippen LogP contribution is 2.37. The number of hydrogen-bond donors (Lipinski definition) is 0. The minimum Gasteiger partial charge on any atom is -0.356 e. The number of ether oxygens (including phenoxy) is 1. The van der Waals surface area contributed by atoms with Gasteiger partial charge in [0.2, 0.25) is 0 Å². The summed E-state index contributed by atoms with van der Waals surface area (Å²) in [5.74, 6) is 0.989. The predicted octanol–water partition coefficient (Wildman–Crippen LogP) is 2.92. The third-order valence-corrected chi connectivity index (χ3v) is 5.62. The fourth-order valence-corrected chi connectivity index (χ4v) is 3.72. The van der Waals surface area contributed by atoms with E-state index in [9.17, 15) is 0 Å². The van der Waals surface area contributed by atoms with Crippen LogP contribution in [0.15, 0.2) is 12.3 Å². The fraction of sp³-hybridized carbons (Fsp3) is 0.647. The second-order valence-electron chi connectivity index (χ2n) is 7.36. The van der Waals surface area contributed by atoms with E-state index in [1.807, 2.05) is 16.9 Å². The van der Waals surface area contributed by atoms with Crippen molar-refractivity contribution >= 4 is 28.3 Å². The lowest BCUT2D eigenvalue weighted by molar-refractivity contribution is -0.0366. The molecule has 2 aromatic heterocycles. The van der Waals surface area contributed by atoms with E-state index in [1.54, 1.807) is 0 Å². The minimum absolute atomic E-state index is 0.00465. The Morgan fingerprint density at radius 1 is 1.33 bits per heavy atom. The summed E-state index contributed by atoms with van der Waals surface area (Å²) >= 11 is 6.14. The van der Waals surface area contributed by atoms with Crippen molar-refractivity contribution in [1.82, 2.24) is 19.7 Å². The molecule has 2 aromatic rings. The lowest BCUT2D eigenvalue weighted by Crippen LogP contribution is -2.67. The standard InChI is InChI=1S/C17H24ClN5O/c1-17(21(2)3)10-22(11-17)16-12-9-19-14(18)8-13(12)23(20-16)15-6-4-5-7-24-15/h8-9,15H,4-7,10-11H2,1-3H3. The summed E-state index contributed by atoms with van der Waals surface area (Å²) in [6.45, 7) is 4.99. The Morgan fingerprint density at radius 2 is 2.12 bits per heavy atom. The number of nitrogens with zero attached hydrogens (tertiary/aromatic N) is 5. The molecule has 24 heavy (non-hydrogen) atoms. The fourth-order valence-electron chi connectivity index (χ4n) is 3.57. The number of hydrogen-bond acceptors (Lipinski definition) is 5. The van der Waals surface area contributed by atoms with E-state index in [2.05, 4.69) is 35.8 Å². The van der Waals surface area contributed by atoms with Crippen molar-refractivity contribution in [2.75, 3.05) is 38.7 Å². The molecule has 130 valence electrons. The van der Waals surface area contributed by atoms with Crippen LogP contribution in [0.3, 0.4) is 0 Å². The molecule has 0 aromatic carbocycles. The van der Waals surface area contributed by atoms with Crippen LogP contribution in [0.2, 0.25) is 5.15 Å². The molecular formula is C17H24ClN5O. The first-order valence-corrected chi connectivity index (χ1v) is 8.93. The van der Waals surface area contributed by atoms with Crippen LogP contribution in [0.1, 0.15) is 32.4 Å². The Labute approximate surface area is 147 Å². The zero-order valence-corrected chi connectivity index (χ0v) is 15.3. The molecule has 1 atom stereocenters. The summed E-state index contributed by atoms with van der Waals surface area (Å²) in [5, 5.41) is 6.45. The van der Waals surface area contributed by atoms with Crippen molar-refractivity contribution in [2.24, 2.45) is 0 Å². The summed E-state index contributed by atoms with van der Waals surface area (Å²) in [5.41, 5.74) is 1.20. The first-order chi connectivity index (χ1) is 11.5. The van der Waals surface area contributed by atoms with Crippen molar-refractivity contribution in [1.29, 1.82) is 0 Å². The Bertz CT molecular complexity index is 747. The van der Waals surface area contributed by atoms with Crippen LogP contribution in [0.5, 0.6) is 0 Å². The van der Waals surface area contributed by atoms with E-state index < -0.39 is 0 Å². The summed E-state index contributed by atoms with van der Waals surface area (Å²) in [6, 6.07) is 1.90. The van der Waals surface area contributed by atoms with Crippen LogP contribution in [0, 0.1) is 0 Å².